The first-order chi connectivity index (χ1) is 11.3. The molecule has 0 atom stereocenters. The maximum atomic E-state index is 12.4. The van der Waals surface area contributed by atoms with E-state index in [4.69, 9.17) is 10.00 Å². The molecule has 0 aliphatic rings. The number of nitrogens with one attached hydrogen (secondary N) is 1. The van der Waals surface area contributed by atoms with E-state index < -0.39 is 17.3 Å². The van der Waals surface area contributed by atoms with Crippen molar-refractivity contribution in [3.05, 3.63) is 23.8 Å². The van der Waals surface area contributed by atoms with Gasteiger partial charge < -0.3 is 15.2 Å². The molecular formula is C18H24N2O4. The lowest BCUT2D eigenvalue weighted by Gasteiger charge is -2.26. The molecule has 1 aromatic carbocycles. The molecule has 1 aromatic rings. The number of nitrogens with zero attached hydrogens (tertiary/aromatic N) is 1. The zero-order chi connectivity index (χ0) is 18.3. The first-order valence-corrected chi connectivity index (χ1v) is 8.02. The highest BCUT2D eigenvalue weighted by molar-refractivity contribution is 5.95. The molecule has 0 aliphatic heterocycles. The molecule has 6 heteroatoms. The van der Waals surface area contributed by atoms with Crippen LogP contribution in [0.5, 0.6) is 5.75 Å². The van der Waals surface area contributed by atoms with Gasteiger partial charge in [0.25, 0.3) is 0 Å². The van der Waals surface area contributed by atoms with Crippen LogP contribution in [-0.4, -0.2) is 23.1 Å². The second-order valence-electron chi connectivity index (χ2n) is 6.01. The van der Waals surface area contributed by atoms with E-state index in [1.54, 1.807) is 26.0 Å². The van der Waals surface area contributed by atoms with Crippen LogP contribution >= 0.6 is 0 Å². The minimum Gasteiger partial charge on any atom is -0.489 e. The summed E-state index contributed by atoms with van der Waals surface area (Å²) >= 11 is 0. The summed E-state index contributed by atoms with van der Waals surface area (Å²) in [6.07, 6.45) is 0.491. The minimum absolute atomic E-state index is 0.0991. The monoisotopic (exact) mass is 332 g/mol. The third-order valence-corrected chi connectivity index (χ3v) is 4.05. The van der Waals surface area contributed by atoms with E-state index >= 15 is 0 Å². The first kappa shape index (κ1) is 19.5. The van der Waals surface area contributed by atoms with Gasteiger partial charge in [-0.25, -0.2) is 0 Å². The quantitative estimate of drug-likeness (QED) is 0.758. The first-order valence-electron chi connectivity index (χ1n) is 8.02. The molecule has 0 unspecified atom stereocenters. The number of hydrogen-bond acceptors (Lipinski definition) is 4. The van der Waals surface area contributed by atoms with Crippen molar-refractivity contribution in [2.75, 3.05) is 5.32 Å². The molecule has 0 radical (unpaired) electrons. The van der Waals surface area contributed by atoms with Gasteiger partial charge in [-0.15, -0.1) is 0 Å². The average molecular weight is 332 g/mol. The van der Waals surface area contributed by atoms with Crippen LogP contribution in [0.4, 0.5) is 5.69 Å². The average Bonchev–Trinajstić information content (AvgIpc) is 2.53. The minimum atomic E-state index is -1.09. The Bertz CT molecular complexity index is 643. The van der Waals surface area contributed by atoms with Gasteiger partial charge in [-0.1, -0.05) is 13.8 Å². The second-order valence-corrected chi connectivity index (χ2v) is 6.01. The Hall–Kier alpha value is -2.55. The van der Waals surface area contributed by atoms with Crippen LogP contribution in [0.25, 0.3) is 0 Å². The van der Waals surface area contributed by atoms with E-state index in [0.717, 1.165) is 0 Å². The zero-order valence-electron chi connectivity index (χ0n) is 14.5. The van der Waals surface area contributed by atoms with Crippen molar-refractivity contribution in [2.24, 2.45) is 5.41 Å². The predicted octanol–water partition coefficient (Wildman–Crippen LogP) is 3.57. The van der Waals surface area contributed by atoms with Crippen LogP contribution in [0.3, 0.4) is 0 Å². The van der Waals surface area contributed by atoms with E-state index in [0.29, 0.717) is 29.8 Å². The molecule has 1 amide bonds. The summed E-state index contributed by atoms with van der Waals surface area (Å²) in [7, 11) is 0. The van der Waals surface area contributed by atoms with E-state index in [1.165, 1.54) is 6.07 Å². The van der Waals surface area contributed by atoms with Gasteiger partial charge in [0.2, 0.25) is 5.91 Å². The van der Waals surface area contributed by atoms with Crippen LogP contribution in [0.15, 0.2) is 18.2 Å². The van der Waals surface area contributed by atoms with Gasteiger partial charge in [0, 0.05) is 6.42 Å². The maximum absolute atomic E-state index is 12.4. The van der Waals surface area contributed by atoms with Gasteiger partial charge in [-0.3, -0.25) is 9.59 Å². The highest BCUT2D eigenvalue weighted by Gasteiger charge is 2.37. The molecule has 0 heterocycles. The molecule has 0 fully saturated rings. The van der Waals surface area contributed by atoms with Crippen molar-refractivity contribution in [1.29, 1.82) is 5.26 Å². The van der Waals surface area contributed by atoms with E-state index in [1.807, 2.05) is 19.9 Å². The van der Waals surface area contributed by atoms with Crippen LogP contribution in [-0.2, 0) is 9.59 Å². The smallest absolute Gasteiger partial charge is 0.310 e. The number of nitriles is 1. The SMILES string of the molecule is CCC(CC)(CC(=O)Nc1cc(C#N)ccc1OC(C)C)C(=O)O. The van der Waals surface area contributed by atoms with Crippen molar-refractivity contribution in [1.82, 2.24) is 0 Å². The molecular weight excluding hydrogens is 308 g/mol. The number of carbonyl (C=O) groups excluding carboxylic acids is 1. The Morgan fingerprint density at radius 1 is 1.33 bits per heavy atom. The highest BCUT2D eigenvalue weighted by atomic mass is 16.5. The molecule has 24 heavy (non-hydrogen) atoms. The van der Waals surface area contributed by atoms with Gasteiger partial charge in [0.15, 0.2) is 0 Å². The summed E-state index contributed by atoms with van der Waals surface area (Å²) in [5.41, 5.74) is -0.327. The highest BCUT2D eigenvalue weighted by Crippen LogP contribution is 2.33. The number of benzene rings is 1. The molecule has 2 N–H and O–H groups in total. The molecule has 6 nitrogen and oxygen atoms in total. The summed E-state index contributed by atoms with van der Waals surface area (Å²) in [5.74, 6) is -0.942. The van der Waals surface area contributed by atoms with E-state index in [9.17, 15) is 14.7 Å². The Morgan fingerprint density at radius 3 is 2.42 bits per heavy atom. The summed E-state index contributed by atoms with van der Waals surface area (Å²) < 4.78 is 5.64. The third kappa shape index (κ3) is 4.72. The Kier molecular flexibility index (Phi) is 6.78. The van der Waals surface area contributed by atoms with Crippen molar-refractivity contribution in [3.8, 4) is 11.8 Å². The van der Waals surface area contributed by atoms with Crippen molar-refractivity contribution < 1.29 is 19.4 Å². The number of carboxylic acids is 1. The molecule has 0 aromatic heterocycles. The van der Waals surface area contributed by atoms with E-state index in [2.05, 4.69) is 5.32 Å². The number of ether oxygens (including phenoxy) is 1. The molecule has 0 saturated heterocycles. The standard InChI is InChI=1S/C18H24N2O4/c1-5-18(6-2,17(22)23)10-16(21)20-14-9-13(11-19)7-8-15(14)24-12(3)4/h7-9,12H,5-6,10H2,1-4H3,(H,20,21)(H,22,23). The number of rotatable bonds is 8. The number of carbonyl (C=O) groups is 2. The lowest BCUT2D eigenvalue weighted by Crippen LogP contribution is -2.34. The van der Waals surface area contributed by atoms with Gasteiger partial charge in [-0.05, 0) is 44.9 Å². The van der Waals surface area contributed by atoms with Crippen molar-refractivity contribution >= 4 is 17.6 Å². The number of amides is 1. The van der Waals surface area contributed by atoms with Crippen LogP contribution in [0.1, 0.15) is 52.5 Å². The Morgan fingerprint density at radius 2 is 1.96 bits per heavy atom. The van der Waals surface area contributed by atoms with Crippen LogP contribution in [0.2, 0.25) is 0 Å². The predicted molar refractivity (Wildman–Crippen MR) is 90.8 cm³/mol. The fraction of sp³-hybridized carbons (Fsp3) is 0.500. The van der Waals surface area contributed by atoms with Gasteiger partial charge >= 0.3 is 5.97 Å². The second kappa shape index (κ2) is 8.34. The maximum Gasteiger partial charge on any atom is 0.310 e. The molecule has 0 bridgehead atoms. The Labute approximate surface area is 142 Å². The summed E-state index contributed by atoms with van der Waals surface area (Å²) in [4.78, 5) is 23.9. The Balaban J connectivity index is 3.04. The largest absolute Gasteiger partial charge is 0.489 e. The van der Waals surface area contributed by atoms with Crippen molar-refractivity contribution in [2.45, 2.75) is 53.1 Å². The summed E-state index contributed by atoms with van der Waals surface area (Å²) in [6, 6.07) is 6.76. The number of anilines is 1. The fourth-order valence-corrected chi connectivity index (χ4v) is 2.43. The van der Waals surface area contributed by atoms with Crippen LogP contribution < -0.4 is 10.1 Å². The molecule has 0 spiro atoms. The third-order valence-electron chi connectivity index (χ3n) is 4.05. The lowest BCUT2D eigenvalue weighted by atomic mass is 9.79. The van der Waals surface area contributed by atoms with Gasteiger partial charge in [0.1, 0.15) is 5.75 Å². The van der Waals surface area contributed by atoms with Gasteiger partial charge in [0.05, 0.1) is 28.8 Å². The van der Waals surface area contributed by atoms with E-state index in [-0.39, 0.29) is 12.5 Å². The molecule has 0 aliphatic carbocycles. The summed E-state index contributed by atoms with van der Waals surface area (Å²) in [6.45, 7) is 7.23. The van der Waals surface area contributed by atoms with Crippen LogP contribution in [0, 0.1) is 16.7 Å². The topological polar surface area (TPSA) is 99.4 Å². The zero-order valence-corrected chi connectivity index (χ0v) is 14.5. The number of hydrogen-bond donors (Lipinski definition) is 2. The number of carboxylic acid groups (broad SMARTS) is 1. The van der Waals surface area contributed by atoms with Gasteiger partial charge in [-0.2, -0.15) is 5.26 Å². The fourth-order valence-electron chi connectivity index (χ4n) is 2.43. The van der Waals surface area contributed by atoms with Crippen molar-refractivity contribution in [3.63, 3.8) is 0 Å². The normalized spacial score (nSPS) is 11.0. The molecule has 0 saturated carbocycles. The molecule has 1 rings (SSSR count). The number of aliphatic carboxylic acids is 1. The summed E-state index contributed by atoms with van der Waals surface area (Å²) in [5, 5.41) is 21.2. The lowest BCUT2D eigenvalue weighted by molar-refractivity contribution is -0.151. The molecule has 130 valence electrons.